The fourth-order valence-corrected chi connectivity index (χ4v) is 3.64. The number of nitrogens with one attached hydrogen (secondary N) is 2. The third-order valence-corrected chi connectivity index (χ3v) is 5.61. The molecule has 0 aliphatic rings. The molecule has 10 heteroatoms. The quantitative estimate of drug-likeness (QED) is 0.559. The molecule has 0 saturated carbocycles. The van der Waals surface area contributed by atoms with Gasteiger partial charge < -0.3 is 15.4 Å². The third kappa shape index (κ3) is 7.35. The molecule has 1 aromatic carbocycles. The highest BCUT2D eigenvalue weighted by molar-refractivity contribution is 7.89. The standard InChI is InChI=1S/C17H25N3O6S/c1-4-20(5-2)27(24,25)15-8-6-14(7-9-15)19-16(22)12-26-17(23)10-11-18-13(3)21/h6-9H,4-5,10-12H2,1-3H3,(H,18,21)(H,19,22). The van der Waals surface area contributed by atoms with Crippen LogP contribution in [0.4, 0.5) is 5.69 Å². The summed E-state index contributed by atoms with van der Waals surface area (Å²) in [6, 6.07) is 5.74. The number of rotatable bonds is 10. The Labute approximate surface area is 159 Å². The highest BCUT2D eigenvalue weighted by Gasteiger charge is 2.21. The van der Waals surface area contributed by atoms with Crippen molar-refractivity contribution in [1.29, 1.82) is 0 Å². The summed E-state index contributed by atoms with van der Waals surface area (Å²) in [5, 5.41) is 4.96. The van der Waals surface area contributed by atoms with Gasteiger partial charge in [-0.1, -0.05) is 13.8 Å². The summed E-state index contributed by atoms with van der Waals surface area (Å²) in [5.74, 6) is -1.42. The van der Waals surface area contributed by atoms with Crippen LogP contribution in [0.3, 0.4) is 0 Å². The minimum Gasteiger partial charge on any atom is -0.456 e. The van der Waals surface area contributed by atoms with Crippen molar-refractivity contribution in [3.8, 4) is 0 Å². The second-order valence-corrected chi connectivity index (χ2v) is 7.49. The molecular formula is C17H25N3O6S. The summed E-state index contributed by atoms with van der Waals surface area (Å²) in [6.45, 7) is 5.24. The first-order valence-electron chi connectivity index (χ1n) is 8.50. The SMILES string of the molecule is CCN(CC)S(=O)(=O)c1ccc(NC(=O)COC(=O)CCNC(C)=O)cc1. The maximum Gasteiger partial charge on any atom is 0.308 e. The molecule has 1 rings (SSSR count). The van der Waals surface area contributed by atoms with Crippen LogP contribution in [0, 0.1) is 0 Å². The van der Waals surface area contributed by atoms with E-state index in [9.17, 15) is 22.8 Å². The van der Waals surface area contributed by atoms with Gasteiger partial charge in [0.2, 0.25) is 15.9 Å². The van der Waals surface area contributed by atoms with Crippen molar-refractivity contribution in [2.24, 2.45) is 0 Å². The lowest BCUT2D eigenvalue weighted by Crippen LogP contribution is -2.30. The van der Waals surface area contributed by atoms with Crippen LogP contribution < -0.4 is 10.6 Å². The Bertz CT molecular complexity index is 757. The third-order valence-electron chi connectivity index (χ3n) is 3.55. The maximum absolute atomic E-state index is 12.4. The van der Waals surface area contributed by atoms with Crippen LogP contribution in [0.15, 0.2) is 29.2 Å². The van der Waals surface area contributed by atoms with Gasteiger partial charge in [-0.05, 0) is 24.3 Å². The molecule has 150 valence electrons. The summed E-state index contributed by atoms with van der Waals surface area (Å²) in [6.07, 6.45) is -0.0369. The van der Waals surface area contributed by atoms with Crippen molar-refractivity contribution in [1.82, 2.24) is 9.62 Å². The van der Waals surface area contributed by atoms with Crippen LogP contribution in [-0.2, 0) is 29.1 Å². The number of ether oxygens (including phenoxy) is 1. The van der Waals surface area contributed by atoms with Gasteiger partial charge in [0.1, 0.15) is 0 Å². The molecule has 27 heavy (non-hydrogen) atoms. The number of amides is 2. The number of hydrogen-bond donors (Lipinski definition) is 2. The lowest BCUT2D eigenvalue weighted by Gasteiger charge is -2.18. The van der Waals surface area contributed by atoms with Gasteiger partial charge in [0.25, 0.3) is 5.91 Å². The van der Waals surface area contributed by atoms with Gasteiger partial charge in [-0.2, -0.15) is 4.31 Å². The van der Waals surface area contributed by atoms with E-state index in [-0.39, 0.29) is 23.8 Å². The Morgan fingerprint density at radius 3 is 2.19 bits per heavy atom. The molecule has 0 bridgehead atoms. The van der Waals surface area contributed by atoms with Crippen molar-refractivity contribution in [3.63, 3.8) is 0 Å². The molecule has 0 aliphatic carbocycles. The molecular weight excluding hydrogens is 374 g/mol. The predicted molar refractivity (Wildman–Crippen MR) is 99.4 cm³/mol. The van der Waals surface area contributed by atoms with Crippen LogP contribution in [0.1, 0.15) is 27.2 Å². The van der Waals surface area contributed by atoms with Crippen LogP contribution >= 0.6 is 0 Å². The predicted octanol–water partition coefficient (Wildman–Crippen LogP) is 0.725. The lowest BCUT2D eigenvalue weighted by molar-refractivity contribution is -0.147. The average Bonchev–Trinajstić information content (AvgIpc) is 2.61. The van der Waals surface area contributed by atoms with E-state index in [0.717, 1.165) is 0 Å². The van der Waals surface area contributed by atoms with Crippen molar-refractivity contribution >= 4 is 33.5 Å². The second-order valence-electron chi connectivity index (χ2n) is 5.56. The highest BCUT2D eigenvalue weighted by Crippen LogP contribution is 2.18. The number of sulfonamides is 1. The van der Waals surface area contributed by atoms with E-state index in [1.54, 1.807) is 13.8 Å². The van der Waals surface area contributed by atoms with Gasteiger partial charge in [0.15, 0.2) is 6.61 Å². The van der Waals surface area contributed by atoms with Crippen molar-refractivity contribution in [2.45, 2.75) is 32.1 Å². The summed E-state index contributed by atoms with van der Waals surface area (Å²) in [7, 11) is -3.56. The van der Waals surface area contributed by atoms with Gasteiger partial charge in [-0.25, -0.2) is 8.42 Å². The molecule has 2 amide bonds. The Morgan fingerprint density at radius 2 is 1.67 bits per heavy atom. The first kappa shape index (κ1) is 22.6. The van der Waals surface area contributed by atoms with Gasteiger partial charge in [0, 0.05) is 32.2 Å². The van der Waals surface area contributed by atoms with E-state index in [0.29, 0.717) is 18.8 Å². The normalized spacial score (nSPS) is 11.1. The largest absolute Gasteiger partial charge is 0.456 e. The first-order valence-corrected chi connectivity index (χ1v) is 9.94. The van der Waals surface area contributed by atoms with E-state index in [2.05, 4.69) is 10.6 Å². The van der Waals surface area contributed by atoms with Crippen molar-refractivity contribution in [3.05, 3.63) is 24.3 Å². The molecule has 0 heterocycles. The molecule has 0 fully saturated rings. The maximum atomic E-state index is 12.4. The molecule has 0 unspecified atom stereocenters. The molecule has 0 aromatic heterocycles. The molecule has 1 aromatic rings. The topological polar surface area (TPSA) is 122 Å². The molecule has 0 spiro atoms. The minimum absolute atomic E-state index is 0.0369. The van der Waals surface area contributed by atoms with Crippen LogP contribution in [0.25, 0.3) is 0 Å². The van der Waals surface area contributed by atoms with E-state index in [1.807, 2.05) is 0 Å². The summed E-state index contributed by atoms with van der Waals surface area (Å²) in [4.78, 5) is 34.0. The van der Waals surface area contributed by atoms with Crippen molar-refractivity contribution in [2.75, 3.05) is 31.6 Å². The Morgan fingerprint density at radius 1 is 1.07 bits per heavy atom. The van der Waals surface area contributed by atoms with Crippen molar-refractivity contribution < 1.29 is 27.5 Å². The lowest BCUT2D eigenvalue weighted by atomic mass is 10.3. The van der Waals surface area contributed by atoms with Crippen LogP contribution in [0.5, 0.6) is 0 Å². The number of esters is 1. The summed E-state index contributed by atoms with van der Waals surface area (Å²) < 4.78 is 30.9. The van der Waals surface area contributed by atoms with E-state index in [4.69, 9.17) is 4.74 Å². The Kier molecular flexibility index (Phi) is 8.89. The molecule has 0 saturated heterocycles. The monoisotopic (exact) mass is 399 g/mol. The minimum atomic E-state index is -3.56. The highest BCUT2D eigenvalue weighted by atomic mass is 32.2. The second kappa shape index (κ2) is 10.6. The Balaban J connectivity index is 2.54. The number of carbonyl (C=O) groups is 3. The molecule has 2 N–H and O–H groups in total. The van der Waals surface area contributed by atoms with E-state index >= 15 is 0 Å². The smallest absolute Gasteiger partial charge is 0.308 e. The Hall–Kier alpha value is -2.46. The van der Waals surface area contributed by atoms with Gasteiger partial charge >= 0.3 is 5.97 Å². The zero-order valence-electron chi connectivity index (χ0n) is 15.6. The molecule has 0 atom stereocenters. The fourth-order valence-electron chi connectivity index (χ4n) is 2.18. The van der Waals surface area contributed by atoms with Gasteiger partial charge in [0.05, 0.1) is 11.3 Å². The van der Waals surface area contributed by atoms with Crippen LogP contribution in [-0.4, -0.2) is 56.7 Å². The summed E-state index contributed by atoms with van der Waals surface area (Å²) >= 11 is 0. The van der Waals surface area contributed by atoms with E-state index < -0.39 is 28.5 Å². The number of nitrogens with zero attached hydrogens (tertiary/aromatic N) is 1. The molecule has 9 nitrogen and oxygen atoms in total. The number of anilines is 1. The number of benzene rings is 1. The van der Waals surface area contributed by atoms with E-state index in [1.165, 1.54) is 35.5 Å². The zero-order valence-corrected chi connectivity index (χ0v) is 16.5. The average molecular weight is 399 g/mol. The van der Waals surface area contributed by atoms with Gasteiger partial charge in [-0.15, -0.1) is 0 Å². The molecule has 0 radical (unpaired) electrons. The van der Waals surface area contributed by atoms with Crippen LogP contribution in [0.2, 0.25) is 0 Å². The zero-order chi connectivity index (χ0) is 20.4. The summed E-state index contributed by atoms with van der Waals surface area (Å²) in [5.41, 5.74) is 0.382. The number of hydrogen-bond acceptors (Lipinski definition) is 6. The number of carbonyl (C=O) groups excluding carboxylic acids is 3. The molecule has 0 aliphatic heterocycles. The van der Waals surface area contributed by atoms with Gasteiger partial charge in [-0.3, -0.25) is 14.4 Å². The fraction of sp³-hybridized carbons (Fsp3) is 0.471. The first-order chi connectivity index (χ1) is 12.7.